The molecule has 2 aliphatic rings. The molecule has 0 radical (unpaired) electrons. The number of amides is 1. The molecule has 1 atom stereocenters. The Bertz CT molecular complexity index is 907. The average molecular weight is 348 g/mol. The molecule has 8 heteroatoms. The van der Waals surface area contributed by atoms with Crippen LogP contribution >= 0.6 is 0 Å². The van der Waals surface area contributed by atoms with Gasteiger partial charge in [-0.05, 0) is 43.9 Å². The molecule has 128 valence electrons. The summed E-state index contributed by atoms with van der Waals surface area (Å²) in [6.45, 7) is 1.08. The van der Waals surface area contributed by atoms with Crippen molar-refractivity contribution < 1.29 is 13.2 Å². The lowest BCUT2D eigenvalue weighted by Crippen LogP contribution is -2.60. The van der Waals surface area contributed by atoms with E-state index < -0.39 is 15.6 Å². The molecular weight excluding hydrogens is 328 g/mol. The number of likely N-dealkylation sites (N-methyl/N-ethyl adjacent to an activating group) is 1. The first-order chi connectivity index (χ1) is 11.4. The fourth-order valence-corrected chi connectivity index (χ4v) is 5.89. The number of hydrogen-bond acceptors (Lipinski definition) is 4. The molecule has 1 aromatic heterocycles. The van der Waals surface area contributed by atoms with Gasteiger partial charge in [0.25, 0.3) is 0 Å². The summed E-state index contributed by atoms with van der Waals surface area (Å²) in [5.41, 5.74) is 0.490. The van der Waals surface area contributed by atoms with Crippen LogP contribution < -0.4 is 0 Å². The van der Waals surface area contributed by atoms with Crippen LogP contribution in [0.15, 0.2) is 29.4 Å². The van der Waals surface area contributed by atoms with Crippen LogP contribution in [0.4, 0.5) is 0 Å². The predicted octanol–water partition coefficient (Wildman–Crippen LogP) is 1.34. The highest BCUT2D eigenvalue weighted by Crippen LogP contribution is 2.41. The Labute approximate surface area is 140 Å². The first-order valence-electron chi connectivity index (χ1n) is 8.17. The molecule has 3 heterocycles. The van der Waals surface area contributed by atoms with Crippen molar-refractivity contribution in [1.29, 1.82) is 0 Å². The highest BCUT2D eigenvalue weighted by Gasteiger charge is 2.54. The maximum Gasteiger partial charge on any atom is 0.244 e. The second kappa shape index (κ2) is 5.29. The minimum Gasteiger partial charge on any atom is -0.345 e. The van der Waals surface area contributed by atoms with Crippen molar-refractivity contribution >= 4 is 27.0 Å². The minimum atomic E-state index is -3.73. The van der Waals surface area contributed by atoms with Gasteiger partial charge in [0.05, 0.1) is 22.3 Å². The Kier molecular flexibility index (Phi) is 3.43. The Morgan fingerprint density at radius 2 is 1.96 bits per heavy atom. The van der Waals surface area contributed by atoms with E-state index in [4.69, 9.17) is 0 Å². The van der Waals surface area contributed by atoms with Crippen molar-refractivity contribution in [2.24, 2.45) is 0 Å². The van der Waals surface area contributed by atoms with Crippen molar-refractivity contribution in [2.75, 3.05) is 20.1 Å². The number of aromatic amines is 1. The minimum absolute atomic E-state index is 0.0718. The Morgan fingerprint density at radius 1 is 1.21 bits per heavy atom. The zero-order chi connectivity index (χ0) is 16.9. The number of hydrogen-bond donors (Lipinski definition) is 1. The van der Waals surface area contributed by atoms with Crippen LogP contribution in [-0.4, -0.2) is 59.2 Å². The lowest BCUT2D eigenvalue weighted by Gasteiger charge is -2.42. The molecule has 2 aliphatic heterocycles. The Morgan fingerprint density at radius 3 is 2.75 bits per heavy atom. The number of sulfonamides is 1. The van der Waals surface area contributed by atoms with E-state index in [9.17, 15) is 13.2 Å². The van der Waals surface area contributed by atoms with Crippen LogP contribution in [0.25, 0.3) is 11.0 Å². The molecule has 4 rings (SSSR count). The molecule has 0 bridgehead atoms. The number of piperidine rings is 1. The van der Waals surface area contributed by atoms with Gasteiger partial charge in [0.1, 0.15) is 5.54 Å². The first kappa shape index (κ1) is 15.6. The van der Waals surface area contributed by atoms with Crippen molar-refractivity contribution in [3.63, 3.8) is 0 Å². The number of nitrogens with zero attached hydrogens (tertiary/aromatic N) is 3. The van der Waals surface area contributed by atoms with Gasteiger partial charge in [-0.1, -0.05) is 0 Å². The SMILES string of the molecule is CN1CCCC2(CCCN2S(=O)(=O)c2ccc3nc[nH]c3c2)C1=O. The van der Waals surface area contributed by atoms with Crippen LogP contribution in [0.5, 0.6) is 0 Å². The summed E-state index contributed by atoms with van der Waals surface area (Å²) in [5.74, 6) is -0.0718. The van der Waals surface area contributed by atoms with E-state index in [0.29, 0.717) is 37.9 Å². The van der Waals surface area contributed by atoms with Crippen LogP contribution in [-0.2, 0) is 14.8 Å². The number of aromatic nitrogens is 2. The number of nitrogens with one attached hydrogen (secondary N) is 1. The second-order valence-corrected chi connectivity index (χ2v) is 8.49. The summed E-state index contributed by atoms with van der Waals surface area (Å²) >= 11 is 0. The molecular formula is C16H20N4O3S. The lowest BCUT2D eigenvalue weighted by atomic mass is 9.87. The van der Waals surface area contributed by atoms with Crippen molar-refractivity contribution in [1.82, 2.24) is 19.2 Å². The van der Waals surface area contributed by atoms with Gasteiger partial charge in [0, 0.05) is 20.1 Å². The smallest absolute Gasteiger partial charge is 0.244 e. The molecule has 2 saturated heterocycles. The molecule has 1 aromatic carbocycles. The lowest BCUT2D eigenvalue weighted by molar-refractivity contribution is -0.142. The summed E-state index contributed by atoms with van der Waals surface area (Å²) in [6.07, 6.45) is 4.28. The van der Waals surface area contributed by atoms with Crippen LogP contribution in [0.1, 0.15) is 25.7 Å². The van der Waals surface area contributed by atoms with Crippen molar-refractivity contribution in [3.8, 4) is 0 Å². The van der Waals surface area contributed by atoms with Gasteiger partial charge in [-0.2, -0.15) is 4.31 Å². The fraction of sp³-hybridized carbons (Fsp3) is 0.500. The van der Waals surface area contributed by atoms with E-state index in [-0.39, 0.29) is 10.8 Å². The normalized spacial score (nSPS) is 25.9. The van der Waals surface area contributed by atoms with Crippen molar-refractivity contribution in [3.05, 3.63) is 24.5 Å². The van der Waals surface area contributed by atoms with E-state index in [1.54, 1.807) is 30.1 Å². The maximum absolute atomic E-state index is 13.2. The van der Waals surface area contributed by atoms with Gasteiger partial charge >= 0.3 is 0 Å². The van der Waals surface area contributed by atoms with E-state index in [0.717, 1.165) is 11.9 Å². The van der Waals surface area contributed by atoms with E-state index >= 15 is 0 Å². The molecule has 7 nitrogen and oxygen atoms in total. The van der Waals surface area contributed by atoms with Crippen molar-refractivity contribution in [2.45, 2.75) is 36.1 Å². The molecule has 2 aromatic rings. The summed E-state index contributed by atoms with van der Waals surface area (Å²) in [5, 5.41) is 0. The molecule has 0 saturated carbocycles. The monoisotopic (exact) mass is 348 g/mol. The van der Waals surface area contributed by atoms with Crippen LogP contribution in [0.3, 0.4) is 0 Å². The topological polar surface area (TPSA) is 86.4 Å². The average Bonchev–Trinajstić information content (AvgIpc) is 3.19. The van der Waals surface area contributed by atoms with Gasteiger partial charge in [0.2, 0.25) is 15.9 Å². The molecule has 0 aliphatic carbocycles. The van der Waals surface area contributed by atoms with Gasteiger partial charge < -0.3 is 9.88 Å². The van der Waals surface area contributed by atoms with E-state index in [1.807, 2.05) is 0 Å². The van der Waals surface area contributed by atoms with E-state index in [2.05, 4.69) is 9.97 Å². The molecule has 1 N–H and O–H groups in total. The summed E-state index contributed by atoms with van der Waals surface area (Å²) in [6, 6.07) is 4.86. The number of likely N-dealkylation sites (tertiary alicyclic amines) is 1. The maximum atomic E-state index is 13.2. The highest BCUT2D eigenvalue weighted by molar-refractivity contribution is 7.89. The van der Waals surface area contributed by atoms with Gasteiger partial charge in [0.15, 0.2) is 0 Å². The first-order valence-corrected chi connectivity index (χ1v) is 9.61. The molecule has 2 fully saturated rings. The third kappa shape index (κ3) is 2.09. The number of benzene rings is 1. The summed E-state index contributed by atoms with van der Waals surface area (Å²) < 4.78 is 27.9. The number of H-pyrrole nitrogens is 1. The second-order valence-electron chi connectivity index (χ2n) is 6.62. The zero-order valence-electron chi connectivity index (χ0n) is 13.5. The van der Waals surface area contributed by atoms with Crippen LogP contribution in [0, 0.1) is 0 Å². The van der Waals surface area contributed by atoms with Gasteiger partial charge in [-0.15, -0.1) is 0 Å². The Hall–Kier alpha value is -1.93. The Balaban J connectivity index is 1.79. The zero-order valence-corrected chi connectivity index (χ0v) is 14.3. The third-order valence-corrected chi connectivity index (χ3v) is 7.20. The number of carbonyl (C=O) groups excluding carboxylic acids is 1. The summed E-state index contributed by atoms with van der Waals surface area (Å²) in [4.78, 5) is 21.7. The number of imidazole rings is 1. The van der Waals surface area contributed by atoms with Gasteiger partial charge in [-0.3, -0.25) is 4.79 Å². The number of carbonyl (C=O) groups is 1. The third-order valence-electron chi connectivity index (χ3n) is 5.24. The number of rotatable bonds is 2. The number of fused-ring (bicyclic) bond motifs is 1. The molecule has 1 unspecified atom stereocenters. The fourth-order valence-electron chi connectivity index (χ4n) is 4.04. The summed E-state index contributed by atoms with van der Waals surface area (Å²) in [7, 11) is -1.98. The predicted molar refractivity (Wildman–Crippen MR) is 88.8 cm³/mol. The largest absolute Gasteiger partial charge is 0.345 e. The van der Waals surface area contributed by atoms with Crippen LogP contribution in [0.2, 0.25) is 0 Å². The standard InChI is InChI=1S/C16H20N4O3S/c1-19-8-2-6-16(15(19)21)7-3-9-20(16)24(22,23)12-4-5-13-14(10-12)18-11-17-13/h4-5,10-11H,2-3,6-9H2,1H3,(H,17,18). The molecule has 24 heavy (non-hydrogen) atoms. The van der Waals surface area contributed by atoms with E-state index in [1.165, 1.54) is 10.6 Å². The quantitative estimate of drug-likeness (QED) is 0.887. The molecule has 1 spiro atoms. The molecule has 1 amide bonds. The highest BCUT2D eigenvalue weighted by atomic mass is 32.2. The van der Waals surface area contributed by atoms with Gasteiger partial charge in [-0.25, -0.2) is 13.4 Å².